The molecule has 1 aliphatic rings. The van der Waals surface area contributed by atoms with Gasteiger partial charge in [0.15, 0.2) is 5.75 Å². The average molecular weight is 449 g/mol. The molecule has 1 aliphatic heterocycles. The number of halogens is 2. The smallest absolute Gasteiger partial charge is 0.407 e. The van der Waals surface area contributed by atoms with Crippen LogP contribution in [-0.2, 0) is 6.42 Å². The molecule has 1 aromatic heterocycles. The minimum Gasteiger partial charge on any atom is -0.407 e. The van der Waals surface area contributed by atoms with Gasteiger partial charge in [-0.15, -0.1) is 0 Å². The number of hydrogen-bond donors (Lipinski definition) is 0. The maximum Gasteiger partial charge on any atom is 0.416 e. The summed E-state index contributed by atoms with van der Waals surface area (Å²) in [6.07, 6.45) is 1.97. The summed E-state index contributed by atoms with van der Waals surface area (Å²) < 4.78 is 5.82. The van der Waals surface area contributed by atoms with Gasteiger partial charge in [0, 0.05) is 33.7 Å². The molecule has 3 aromatic carbocycles. The van der Waals surface area contributed by atoms with E-state index >= 15 is 0 Å². The van der Waals surface area contributed by atoms with Gasteiger partial charge in [0.1, 0.15) is 5.52 Å². The van der Waals surface area contributed by atoms with E-state index in [4.69, 9.17) is 27.9 Å². The van der Waals surface area contributed by atoms with Crippen molar-refractivity contribution < 1.29 is 9.53 Å². The third-order valence-electron chi connectivity index (χ3n) is 5.53. The zero-order valence-electron chi connectivity index (χ0n) is 16.5. The first-order chi connectivity index (χ1) is 15.1. The Morgan fingerprint density at radius 2 is 1.74 bits per heavy atom. The zero-order chi connectivity index (χ0) is 21.4. The van der Waals surface area contributed by atoms with Gasteiger partial charge in [-0.25, -0.2) is 4.79 Å². The molecule has 154 valence electrons. The van der Waals surface area contributed by atoms with E-state index < -0.39 is 12.1 Å². The lowest BCUT2D eigenvalue weighted by atomic mass is 9.93. The minimum absolute atomic E-state index is 0.406. The van der Waals surface area contributed by atoms with Crippen LogP contribution in [0.1, 0.15) is 22.7 Å². The molecular weight excluding hydrogens is 431 g/mol. The number of fused-ring (bicyclic) bond motifs is 3. The molecule has 1 atom stereocenters. The molecule has 0 spiro atoms. The standard InChI is InChI=1S/C25H18Cl2N2O2/c26-18-9-11-19(21(27)15-18)23-20-10-8-17-7-4-13-28-22(17)24(20)31-25(30)29(23)14-12-16-5-2-1-3-6-16/h1-11,13,15,23H,12,14H2. The molecule has 0 radical (unpaired) electrons. The van der Waals surface area contributed by atoms with E-state index in [9.17, 15) is 4.79 Å². The Kier molecular flexibility index (Phi) is 5.26. The highest BCUT2D eigenvalue weighted by Crippen LogP contribution is 2.44. The van der Waals surface area contributed by atoms with Crippen LogP contribution in [0.15, 0.2) is 79.0 Å². The monoisotopic (exact) mass is 448 g/mol. The zero-order valence-corrected chi connectivity index (χ0v) is 18.0. The Labute approximate surface area is 190 Å². The fourth-order valence-electron chi connectivity index (χ4n) is 4.05. The van der Waals surface area contributed by atoms with Gasteiger partial charge in [0.2, 0.25) is 0 Å². The van der Waals surface area contributed by atoms with Crippen LogP contribution in [0.2, 0.25) is 10.0 Å². The summed E-state index contributed by atoms with van der Waals surface area (Å²) in [4.78, 5) is 19.4. The van der Waals surface area contributed by atoms with E-state index in [2.05, 4.69) is 4.98 Å². The molecule has 1 unspecified atom stereocenters. The first-order valence-electron chi connectivity index (χ1n) is 9.97. The van der Waals surface area contributed by atoms with E-state index in [1.807, 2.05) is 60.7 Å². The number of carbonyl (C=O) groups excluding carboxylic acids is 1. The van der Waals surface area contributed by atoms with Crippen LogP contribution in [0, 0.1) is 0 Å². The van der Waals surface area contributed by atoms with Crippen LogP contribution in [0.25, 0.3) is 10.9 Å². The molecule has 4 nitrogen and oxygen atoms in total. The van der Waals surface area contributed by atoms with Crippen molar-refractivity contribution in [2.24, 2.45) is 0 Å². The molecule has 5 rings (SSSR count). The maximum atomic E-state index is 13.2. The first kappa shape index (κ1) is 19.9. The predicted octanol–water partition coefficient (Wildman–Crippen LogP) is 6.69. The highest BCUT2D eigenvalue weighted by molar-refractivity contribution is 6.35. The molecule has 31 heavy (non-hydrogen) atoms. The van der Waals surface area contributed by atoms with Crippen molar-refractivity contribution in [3.05, 3.63) is 106 Å². The number of rotatable bonds is 4. The summed E-state index contributed by atoms with van der Waals surface area (Å²) in [5.41, 5.74) is 3.45. The third-order valence-corrected chi connectivity index (χ3v) is 6.09. The quantitative estimate of drug-likeness (QED) is 0.349. The molecule has 6 heteroatoms. The van der Waals surface area contributed by atoms with Crippen molar-refractivity contribution >= 4 is 40.2 Å². The van der Waals surface area contributed by atoms with Crippen LogP contribution in [0.5, 0.6) is 5.75 Å². The minimum atomic E-state index is -0.419. The predicted molar refractivity (Wildman–Crippen MR) is 123 cm³/mol. The normalized spacial score (nSPS) is 15.6. The number of pyridine rings is 1. The lowest BCUT2D eigenvalue weighted by Gasteiger charge is -2.37. The van der Waals surface area contributed by atoms with Gasteiger partial charge >= 0.3 is 6.09 Å². The lowest BCUT2D eigenvalue weighted by molar-refractivity contribution is 0.127. The van der Waals surface area contributed by atoms with Crippen molar-refractivity contribution in [3.8, 4) is 5.75 Å². The van der Waals surface area contributed by atoms with Gasteiger partial charge in [0.25, 0.3) is 0 Å². The molecule has 4 aromatic rings. The molecule has 0 saturated heterocycles. The van der Waals surface area contributed by atoms with E-state index in [1.165, 1.54) is 0 Å². The summed E-state index contributed by atoms with van der Waals surface area (Å²) in [7, 11) is 0. The summed E-state index contributed by atoms with van der Waals surface area (Å²) in [5.74, 6) is 0.482. The topological polar surface area (TPSA) is 42.4 Å². The molecule has 2 heterocycles. The second kappa shape index (κ2) is 8.22. The average Bonchev–Trinajstić information content (AvgIpc) is 2.78. The highest BCUT2D eigenvalue weighted by Gasteiger charge is 2.37. The number of hydrogen-bond acceptors (Lipinski definition) is 3. The molecule has 0 N–H and O–H groups in total. The van der Waals surface area contributed by atoms with Gasteiger partial charge in [-0.3, -0.25) is 9.88 Å². The summed E-state index contributed by atoms with van der Waals surface area (Å²) >= 11 is 12.7. The Morgan fingerprint density at radius 3 is 2.55 bits per heavy atom. The number of nitrogens with zero attached hydrogens (tertiary/aromatic N) is 2. The van der Waals surface area contributed by atoms with Crippen molar-refractivity contribution in [2.45, 2.75) is 12.5 Å². The van der Waals surface area contributed by atoms with Crippen LogP contribution in [0.4, 0.5) is 4.79 Å². The molecular formula is C25H18Cl2N2O2. The van der Waals surface area contributed by atoms with E-state index in [0.29, 0.717) is 34.3 Å². The van der Waals surface area contributed by atoms with Gasteiger partial charge in [0.05, 0.1) is 6.04 Å². The number of amides is 1. The molecule has 0 fully saturated rings. The van der Waals surface area contributed by atoms with E-state index in [-0.39, 0.29) is 0 Å². The second-order valence-electron chi connectivity index (χ2n) is 7.42. The fourth-order valence-corrected chi connectivity index (χ4v) is 4.56. The first-order valence-corrected chi connectivity index (χ1v) is 10.7. The van der Waals surface area contributed by atoms with Crippen molar-refractivity contribution in [1.82, 2.24) is 9.88 Å². The summed E-state index contributed by atoms with van der Waals surface area (Å²) in [6.45, 7) is 0.478. The van der Waals surface area contributed by atoms with Crippen LogP contribution in [-0.4, -0.2) is 22.5 Å². The maximum absolute atomic E-state index is 13.2. The highest BCUT2D eigenvalue weighted by atomic mass is 35.5. The van der Waals surface area contributed by atoms with Gasteiger partial charge in [-0.1, -0.05) is 77.8 Å². The molecule has 0 saturated carbocycles. The van der Waals surface area contributed by atoms with Crippen LogP contribution < -0.4 is 4.74 Å². The third kappa shape index (κ3) is 3.73. The number of aromatic nitrogens is 1. The fraction of sp³-hybridized carbons (Fsp3) is 0.120. The Hall–Kier alpha value is -3.08. The number of ether oxygens (including phenoxy) is 1. The van der Waals surface area contributed by atoms with Gasteiger partial charge < -0.3 is 4.74 Å². The SMILES string of the molecule is O=C1Oc2c(ccc3cccnc23)C(c2ccc(Cl)cc2Cl)N1CCc1ccccc1. The Morgan fingerprint density at radius 1 is 0.935 bits per heavy atom. The lowest BCUT2D eigenvalue weighted by Crippen LogP contribution is -2.42. The molecule has 0 aliphatic carbocycles. The molecule has 1 amide bonds. The van der Waals surface area contributed by atoms with Crippen molar-refractivity contribution in [3.63, 3.8) is 0 Å². The van der Waals surface area contributed by atoms with E-state index in [1.54, 1.807) is 23.2 Å². The summed E-state index contributed by atoms with van der Waals surface area (Å²) in [6, 6.07) is 22.8. The molecule has 0 bridgehead atoms. The van der Waals surface area contributed by atoms with Crippen LogP contribution in [0.3, 0.4) is 0 Å². The number of benzene rings is 3. The largest absolute Gasteiger partial charge is 0.416 e. The van der Waals surface area contributed by atoms with Crippen molar-refractivity contribution in [2.75, 3.05) is 6.54 Å². The van der Waals surface area contributed by atoms with Gasteiger partial charge in [-0.05, 0) is 35.7 Å². The second-order valence-corrected chi connectivity index (χ2v) is 8.27. The van der Waals surface area contributed by atoms with Crippen molar-refractivity contribution in [1.29, 1.82) is 0 Å². The Balaban J connectivity index is 1.63. The van der Waals surface area contributed by atoms with E-state index in [0.717, 1.165) is 22.1 Å². The summed E-state index contributed by atoms with van der Waals surface area (Å²) in [5, 5.41) is 1.96. The van der Waals surface area contributed by atoms with Gasteiger partial charge in [-0.2, -0.15) is 0 Å². The van der Waals surface area contributed by atoms with Crippen LogP contribution >= 0.6 is 23.2 Å². The Bertz CT molecular complexity index is 1280. The number of carbonyl (C=O) groups is 1.